The number of amides is 1. The number of hydrogen-bond donors (Lipinski definition) is 2. The molecule has 1 atom stereocenters. The maximum Gasteiger partial charge on any atom is 0.308 e. The summed E-state index contributed by atoms with van der Waals surface area (Å²) in [6.45, 7) is 4.09. The molecule has 7 heteroatoms. The standard InChI is InChI=1S/C17H27N3O4/c1-11(2)9-13(17(22)23)10-18-14(21)7-8-15-19-16(20-24-15)12-5-3-4-6-12/h11-13H,3-10H2,1-2H3,(H,18,21)(H,22,23). The lowest BCUT2D eigenvalue weighted by Gasteiger charge is -2.15. The van der Waals surface area contributed by atoms with E-state index in [9.17, 15) is 9.59 Å². The zero-order valence-corrected chi connectivity index (χ0v) is 14.5. The lowest BCUT2D eigenvalue weighted by atomic mass is 9.97. The molecule has 7 nitrogen and oxygen atoms in total. The van der Waals surface area contributed by atoms with Crippen LogP contribution >= 0.6 is 0 Å². The van der Waals surface area contributed by atoms with Gasteiger partial charge in [-0.2, -0.15) is 4.98 Å². The second-order valence-corrected chi connectivity index (χ2v) is 7.00. The first-order valence-corrected chi connectivity index (χ1v) is 8.77. The lowest BCUT2D eigenvalue weighted by Crippen LogP contribution is -2.33. The molecule has 0 spiro atoms. The van der Waals surface area contributed by atoms with E-state index >= 15 is 0 Å². The molecule has 0 saturated heterocycles. The summed E-state index contributed by atoms with van der Waals surface area (Å²) < 4.78 is 5.21. The SMILES string of the molecule is CC(C)CC(CNC(=O)CCc1nc(C2CCCC2)no1)C(=O)O. The van der Waals surface area contributed by atoms with Crippen LogP contribution in [0.3, 0.4) is 0 Å². The van der Waals surface area contributed by atoms with Gasteiger partial charge in [0.05, 0.1) is 5.92 Å². The molecule has 1 heterocycles. The fourth-order valence-corrected chi connectivity index (χ4v) is 3.11. The number of aryl methyl sites for hydroxylation is 1. The number of hydrogen-bond acceptors (Lipinski definition) is 5. The first kappa shape index (κ1) is 18.4. The molecule has 1 aromatic rings. The minimum Gasteiger partial charge on any atom is -0.481 e. The van der Waals surface area contributed by atoms with Crippen LogP contribution in [0.2, 0.25) is 0 Å². The highest BCUT2D eigenvalue weighted by molar-refractivity contribution is 5.77. The van der Waals surface area contributed by atoms with Crippen molar-refractivity contribution >= 4 is 11.9 Å². The van der Waals surface area contributed by atoms with Gasteiger partial charge in [0.1, 0.15) is 0 Å². The van der Waals surface area contributed by atoms with Gasteiger partial charge >= 0.3 is 5.97 Å². The highest BCUT2D eigenvalue weighted by atomic mass is 16.5. The molecule has 0 aromatic carbocycles. The topological polar surface area (TPSA) is 105 Å². The average Bonchev–Trinajstić information content (AvgIpc) is 3.19. The second kappa shape index (κ2) is 8.80. The van der Waals surface area contributed by atoms with E-state index in [1.807, 2.05) is 13.8 Å². The van der Waals surface area contributed by atoms with E-state index in [4.69, 9.17) is 9.63 Å². The van der Waals surface area contributed by atoms with Crippen molar-refractivity contribution < 1.29 is 19.2 Å². The van der Waals surface area contributed by atoms with Gasteiger partial charge < -0.3 is 14.9 Å². The van der Waals surface area contributed by atoms with Crippen molar-refractivity contribution in [1.82, 2.24) is 15.5 Å². The van der Waals surface area contributed by atoms with Crippen LogP contribution in [0.15, 0.2) is 4.52 Å². The molecule has 24 heavy (non-hydrogen) atoms. The molecular weight excluding hydrogens is 310 g/mol. The van der Waals surface area contributed by atoms with E-state index in [1.165, 1.54) is 12.8 Å². The minimum absolute atomic E-state index is 0.156. The fourth-order valence-electron chi connectivity index (χ4n) is 3.11. The third-order valence-electron chi connectivity index (χ3n) is 4.42. The Morgan fingerprint density at radius 1 is 1.33 bits per heavy atom. The van der Waals surface area contributed by atoms with E-state index in [1.54, 1.807) is 0 Å². The molecule has 2 N–H and O–H groups in total. The van der Waals surface area contributed by atoms with Crippen molar-refractivity contribution in [3.63, 3.8) is 0 Å². The molecule has 0 radical (unpaired) electrons. The van der Waals surface area contributed by atoms with E-state index in [2.05, 4.69) is 15.5 Å². The van der Waals surface area contributed by atoms with Crippen LogP contribution in [0.25, 0.3) is 0 Å². The van der Waals surface area contributed by atoms with Crippen LogP contribution in [0.1, 0.15) is 70.0 Å². The van der Waals surface area contributed by atoms with Crippen molar-refractivity contribution in [2.45, 2.75) is 64.7 Å². The normalized spacial score (nSPS) is 16.5. The molecule has 1 fully saturated rings. The molecule has 1 saturated carbocycles. The summed E-state index contributed by atoms with van der Waals surface area (Å²) in [6.07, 6.45) is 5.77. The predicted octanol–water partition coefficient (Wildman–Crippen LogP) is 2.52. The third-order valence-corrected chi connectivity index (χ3v) is 4.42. The summed E-state index contributed by atoms with van der Waals surface area (Å²) in [7, 11) is 0. The average molecular weight is 337 g/mol. The van der Waals surface area contributed by atoms with Crippen molar-refractivity contribution in [3.8, 4) is 0 Å². The molecule has 1 aliphatic rings. The van der Waals surface area contributed by atoms with E-state index in [0.29, 0.717) is 24.7 Å². The number of aliphatic carboxylic acids is 1. The smallest absolute Gasteiger partial charge is 0.308 e. The van der Waals surface area contributed by atoms with Gasteiger partial charge in [-0.25, -0.2) is 0 Å². The van der Waals surface area contributed by atoms with Gasteiger partial charge in [0, 0.05) is 25.3 Å². The molecule has 0 bridgehead atoms. The van der Waals surface area contributed by atoms with E-state index < -0.39 is 11.9 Å². The Balaban J connectivity index is 1.73. The van der Waals surface area contributed by atoms with Crippen molar-refractivity contribution in [3.05, 3.63) is 11.7 Å². The molecule has 0 aliphatic heterocycles. The van der Waals surface area contributed by atoms with Crippen molar-refractivity contribution in [2.75, 3.05) is 6.54 Å². The number of nitrogens with one attached hydrogen (secondary N) is 1. The fraction of sp³-hybridized carbons (Fsp3) is 0.765. The van der Waals surface area contributed by atoms with Gasteiger partial charge in [-0.05, 0) is 25.2 Å². The largest absolute Gasteiger partial charge is 0.481 e. The van der Waals surface area contributed by atoms with Crippen molar-refractivity contribution in [2.24, 2.45) is 11.8 Å². The summed E-state index contributed by atoms with van der Waals surface area (Å²) in [5, 5.41) is 15.9. The lowest BCUT2D eigenvalue weighted by molar-refractivity contribution is -0.142. The van der Waals surface area contributed by atoms with Gasteiger partial charge in [0.25, 0.3) is 0 Å². The van der Waals surface area contributed by atoms with Crippen LogP contribution in [-0.2, 0) is 16.0 Å². The molecule has 2 rings (SSSR count). The molecule has 1 aromatic heterocycles. The van der Waals surface area contributed by atoms with Crippen molar-refractivity contribution in [1.29, 1.82) is 0 Å². The third kappa shape index (κ3) is 5.62. The maximum atomic E-state index is 11.9. The Labute approximate surface area is 142 Å². The summed E-state index contributed by atoms with van der Waals surface area (Å²) in [6, 6.07) is 0. The summed E-state index contributed by atoms with van der Waals surface area (Å²) >= 11 is 0. The van der Waals surface area contributed by atoms with Crippen LogP contribution in [0, 0.1) is 11.8 Å². The Hall–Kier alpha value is -1.92. The van der Waals surface area contributed by atoms with Crippen LogP contribution in [0.5, 0.6) is 0 Å². The van der Waals surface area contributed by atoms with Gasteiger partial charge in [-0.3, -0.25) is 9.59 Å². The van der Waals surface area contributed by atoms with E-state index in [0.717, 1.165) is 18.7 Å². The first-order valence-electron chi connectivity index (χ1n) is 8.77. The number of rotatable bonds is 9. The maximum absolute atomic E-state index is 11.9. The monoisotopic (exact) mass is 337 g/mol. The summed E-state index contributed by atoms with van der Waals surface area (Å²) in [4.78, 5) is 27.4. The van der Waals surface area contributed by atoms with Crippen LogP contribution in [-0.4, -0.2) is 33.7 Å². The number of carbonyl (C=O) groups is 2. The van der Waals surface area contributed by atoms with E-state index in [-0.39, 0.29) is 24.8 Å². The zero-order valence-electron chi connectivity index (χ0n) is 14.5. The number of carbonyl (C=O) groups excluding carboxylic acids is 1. The number of nitrogens with zero attached hydrogens (tertiary/aromatic N) is 2. The highest BCUT2D eigenvalue weighted by Gasteiger charge is 2.23. The molecular formula is C17H27N3O4. The number of carboxylic acids is 1. The van der Waals surface area contributed by atoms with Gasteiger partial charge in [-0.1, -0.05) is 31.8 Å². The summed E-state index contributed by atoms with van der Waals surface area (Å²) in [5.74, 6) is 0.285. The van der Waals surface area contributed by atoms with Crippen LogP contribution in [0.4, 0.5) is 0 Å². The van der Waals surface area contributed by atoms with Gasteiger partial charge in [0.15, 0.2) is 5.82 Å². The summed E-state index contributed by atoms with van der Waals surface area (Å²) in [5.41, 5.74) is 0. The Morgan fingerprint density at radius 3 is 2.67 bits per heavy atom. The molecule has 1 amide bonds. The van der Waals surface area contributed by atoms with Crippen LogP contribution < -0.4 is 5.32 Å². The highest BCUT2D eigenvalue weighted by Crippen LogP contribution is 2.32. The second-order valence-electron chi connectivity index (χ2n) is 7.00. The molecule has 134 valence electrons. The number of carboxylic acid groups (broad SMARTS) is 1. The quantitative estimate of drug-likeness (QED) is 0.717. The predicted molar refractivity (Wildman–Crippen MR) is 87.4 cm³/mol. The minimum atomic E-state index is -0.873. The zero-order chi connectivity index (χ0) is 17.5. The first-order chi connectivity index (χ1) is 11.5. The molecule has 1 unspecified atom stereocenters. The Morgan fingerprint density at radius 2 is 2.04 bits per heavy atom. The van der Waals surface area contributed by atoms with Gasteiger partial charge in [0.2, 0.25) is 11.8 Å². The molecule has 1 aliphatic carbocycles. The number of aromatic nitrogens is 2. The van der Waals surface area contributed by atoms with Gasteiger partial charge in [-0.15, -0.1) is 0 Å². The Kier molecular flexibility index (Phi) is 6.75. The Bertz CT molecular complexity index is 550.